The quantitative estimate of drug-likeness (QED) is 0.500. The van der Waals surface area contributed by atoms with E-state index in [9.17, 15) is 0 Å². The maximum absolute atomic E-state index is 7.89. The Morgan fingerprint density at radius 2 is 1.05 bits per heavy atom. The Kier molecular flexibility index (Phi) is 4.74. The molecular formula is C19H34ClP. The summed E-state index contributed by atoms with van der Waals surface area (Å²) in [5.74, 6) is -2.67. The van der Waals surface area contributed by atoms with Gasteiger partial charge in [0.15, 0.2) is 0 Å². The summed E-state index contributed by atoms with van der Waals surface area (Å²) in [5.41, 5.74) is 1.37. The summed E-state index contributed by atoms with van der Waals surface area (Å²) in [5, 5.41) is 0.207. The van der Waals surface area contributed by atoms with Crippen molar-refractivity contribution in [2.45, 2.75) is 83.9 Å². The number of benzene rings is 1. The predicted molar refractivity (Wildman–Crippen MR) is 102 cm³/mol. The Morgan fingerprint density at radius 3 is 1.33 bits per heavy atom. The van der Waals surface area contributed by atoms with Gasteiger partial charge in [-0.05, 0) is 0 Å². The summed E-state index contributed by atoms with van der Waals surface area (Å²) >= 11 is 7.89. The summed E-state index contributed by atoms with van der Waals surface area (Å²) in [6, 6.07) is 10.8. The molecule has 1 aromatic rings. The molecule has 0 aliphatic carbocycles. The normalized spacial score (nSPS) is 16.4. The third-order valence-electron chi connectivity index (χ3n) is 5.52. The van der Waals surface area contributed by atoms with Gasteiger partial charge in [0, 0.05) is 0 Å². The molecule has 0 saturated carbocycles. The molecular weight excluding hydrogens is 295 g/mol. The van der Waals surface area contributed by atoms with E-state index in [0.717, 1.165) is 6.16 Å². The molecule has 0 aromatic heterocycles. The minimum atomic E-state index is -2.67. The van der Waals surface area contributed by atoms with E-state index in [-0.39, 0.29) is 15.5 Å². The van der Waals surface area contributed by atoms with E-state index in [0.29, 0.717) is 0 Å². The van der Waals surface area contributed by atoms with Crippen LogP contribution in [-0.4, -0.2) is 15.5 Å². The first-order chi connectivity index (χ1) is 9.16. The van der Waals surface area contributed by atoms with Gasteiger partial charge in [-0.25, -0.2) is 0 Å². The van der Waals surface area contributed by atoms with Crippen molar-refractivity contribution < 1.29 is 0 Å². The van der Waals surface area contributed by atoms with Gasteiger partial charge in [-0.2, -0.15) is 0 Å². The third-order valence-corrected chi connectivity index (χ3v) is 19.8. The molecule has 0 N–H and O–H groups in total. The van der Waals surface area contributed by atoms with Crippen LogP contribution in [0.3, 0.4) is 0 Å². The van der Waals surface area contributed by atoms with Crippen molar-refractivity contribution >= 4 is 17.2 Å². The second kappa shape index (κ2) is 5.24. The average molecular weight is 329 g/mol. The molecule has 0 radical (unpaired) electrons. The molecule has 0 heterocycles. The van der Waals surface area contributed by atoms with Crippen molar-refractivity contribution in [2.24, 2.45) is 0 Å². The fraction of sp³-hybridized carbons (Fsp3) is 0.684. The molecule has 0 bridgehead atoms. The standard InChI is InChI=1S/C19H34ClP/c1-17(2,3)21(20,18(4,5)6,19(7,8)9)15-16-13-11-10-12-14-16/h10-14H,15H2,1-9H3. The molecule has 0 atom stereocenters. The van der Waals surface area contributed by atoms with Crippen LogP contribution in [0.5, 0.6) is 0 Å². The van der Waals surface area contributed by atoms with Crippen LogP contribution >= 0.6 is 17.2 Å². The van der Waals surface area contributed by atoms with E-state index < -0.39 is 5.96 Å². The van der Waals surface area contributed by atoms with Crippen molar-refractivity contribution in [3.8, 4) is 0 Å². The molecule has 1 rings (SSSR count). The fourth-order valence-corrected chi connectivity index (χ4v) is 13.4. The fourth-order valence-electron chi connectivity index (χ4n) is 4.66. The number of rotatable bonds is 2. The topological polar surface area (TPSA) is 0 Å². The van der Waals surface area contributed by atoms with Gasteiger partial charge in [0.2, 0.25) is 0 Å². The monoisotopic (exact) mass is 328 g/mol. The molecule has 0 aliphatic heterocycles. The predicted octanol–water partition coefficient (Wildman–Crippen LogP) is 7.29. The third kappa shape index (κ3) is 2.57. The van der Waals surface area contributed by atoms with Gasteiger partial charge in [-0.1, -0.05) is 0 Å². The van der Waals surface area contributed by atoms with Gasteiger partial charge in [-0.3, -0.25) is 0 Å². The number of hydrogen-bond acceptors (Lipinski definition) is 0. The Hall–Kier alpha value is -0.0600. The zero-order valence-electron chi connectivity index (χ0n) is 15.4. The zero-order valence-corrected chi connectivity index (χ0v) is 17.1. The van der Waals surface area contributed by atoms with Gasteiger partial charge in [-0.15, -0.1) is 0 Å². The molecule has 2 heteroatoms. The van der Waals surface area contributed by atoms with Crippen LogP contribution in [-0.2, 0) is 6.16 Å². The van der Waals surface area contributed by atoms with Gasteiger partial charge in [0.1, 0.15) is 0 Å². The van der Waals surface area contributed by atoms with Crippen LogP contribution in [0, 0.1) is 0 Å². The van der Waals surface area contributed by atoms with Crippen LogP contribution < -0.4 is 0 Å². The van der Waals surface area contributed by atoms with Crippen LogP contribution in [0.25, 0.3) is 0 Å². The average Bonchev–Trinajstić information content (AvgIpc) is 2.25. The maximum atomic E-state index is 7.89. The van der Waals surface area contributed by atoms with Gasteiger partial charge in [0.25, 0.3) is 0 Å². The van der Waals surface area contributed by atoms with E-state index >= 15 is 0 Å². The van der Waals surface area contributed by atoms with Crippen LogP contribution in [0.4, 0.5) is 0 Å². The summed E-state index contributed by atoms with van der Waals surface area (Å²) < 4.78 is 0. The molecule has 0 fully saturated rings. The zero-order chi connectivity index (χ0) is 16.8. The van der Waals surface area contributed by atoms with E-state index in [2.05, 4.69) is 92.6 Å². The van der Waals surface area contributed by atoms with Crippen molar-refractivity contribution in [1.82, 2.24) is 0 Å². The first-order valence-electron chi connectivity index (χ1n) is 7.92. The molecule has 21 heavy (non-hydrogen) atoms. The molecule has 122 valence electrons. The molecule has 0 aliphatic rings. The molecule has 0 unspecified atom stereocenters. The molecule has 0 nitrogen and oxygen atoms in total. The van der Waals surface area contributed by atoms with Gasteiger partial charge in [0.05, 0.1) is 0 Å². The summed E-state index contributed by atoms with van der Waals surface area (Å²) in [6.07, 6.45) is 0.991. The Labute approximate surface area is 137 Å². The van der Waals surface area contributed by atoms with Crippen molar-refractivity contribution in [1.29, 1.82) is 0 Å². The molecule has 0 spiro atoms. The summed E-state index contributed by atoms with van der Waals surface area (Å²) in [4.78, 5) is 0. The van der Waals surface area contributed by atoms with Gasteiger partial charge < -0.3 is 0 Å². The molecule has 0 amide bonds. The van der Waals surface area contributed by atoms with Gasteiger partial charge >= 0.3 is 137 Å². The SMILES string of the molecule is CC(C)(C)P(Cl)(Cc1ccccc1)(C(C)(C)C)C(C)(C)C. The van der Waals surface area contributed by atoms with E-state index in [4.69, 9.17) is 11.2 Å². The van der Waals surface area contributed by atoms with Crippen LogP contribution in [0.2, 0.25) is 0 Å². The number of halogens is 1. The second-order valence-electron chi connectivity index (χ2n) is 9.34. The van der Waals surface area contributed by atoms with Crippen molar-refractivity contribution in [3.63, 3.8) is 0 Å². The molecule has 1 aromatic carbocycles. The van der Waals surface area contributed by atoms with E-state index in [1.807, 2.05) is 0 Å². The van der Waals surface area contributed by atoms with E-state index in [1.165, 1.54) is 5.56 Å². The number of hydrogen-bond donors (Lipinski definition) is 0. The van der Waals surface area contributed by atoms with Crippen LogP contribution in [0.1, 0.15) is 67.9 Å². The van der Waals surface area contributed by atoms with Crippen molar-refractivity contribution in [2.75, 3.05) is 0 Å². The summed E-state index contributed by atoms with van der Waals surface area (Å²) in [7, 11) is 0. The van der Waals surface area contributed by atoms with Crippen LogP contribution in [0.15, 0.2) is 30.3 Å². The van der Waals surface area contributed by atoms with E-state index in [1.54, 1.807) is 0 Å². The first kappa shape index (κ1) is 19.0. The molecule has 0 saturated heterocycles. The Morgan fingerprint density at radius 1 is 0.714 bits per heavy atom. The summed E-state index contributed by atoms with van der Waals surface area (Å²) in [6.45, 7) is 21.1. The van der Waals surface area contributed by atoms with Crippen molar-refractivity contribution in [3.05, 3.63) is 35.9 Å². The minimum absolute atomic E-state index is 0.0689. The second-order valence-corrected chi connectivity index (χ2v) is 18.3. The first-order valence-corrected chi connectivity index (χ1v) is 11.2. The Bertz CT molecular complexity index is 444. The Balaban J connectivity index is 3.71.